The summed E-state index contributed by atoms with van der Waals surface area (Å²) in [5.74, 6) is 0.294. The van der Waals surface area contributed by atoms with Gasteiger partial charge in [0.1, 0.15) is 0 Å². The number of amides is 1. The van der Waals surface area contributed by atoms with E-state index in [0.717, 1.165) is 5.69 Å². The molecule has 0 spiro atoms. The highest BCUT2D eigenvalue weighted by molar-refractivity contribution is 8.13. The fourth-order valence-corrected chi connectivity index (χ4v) is 1.74. The van der Waals surface area contributed by atoms with E-state index in [-0.39, 0.29) is 16.9 Å². The second-order valence-corrected chi connectivity index (χ2v) is 4.76. The van der Waals surface area contributed by atoms with Crippen LogP contribution in [0.15, 0.2) is 30.3 Å². The summed E-state index contributed by atoms with van der Waals surface area (Å²) in [6.45, 7) is 3.32. The number of thioether (sulfide) groups is 1. The molecule has 0 aromatic heterocycles. The smallest absolute Gasteiger partial charge is 0.228 e. The summed E-state index contributed by atoms with van der Waals surface area (Å²) in [6, 6.07) is 9.30. The van der Waals surface area contributed by atoms with Crippen molar-refractivity contribution in [3.05, 3.63) is 30.3 Å². The lowest BCUT2D eigenvalue weighted by molar-refractivity contribution is -0.118. The molecule has 1 aromatic rings. The van der Waals surface area contributed by atoms with E-state index in [1.54, 1.807) is 0 Å². The minimum atomic E-state index is -0.172. The molecule has 1 atom stereocenters. The number of nitrogens with one attached hydrogen (secondary N) is 1. The number of rotatable bonds is 4. The molecule has 0 saturated carbocycles. The molecule has 0 aliphatic carbocycles. The maximum absolute atomic E-state index is 11.7. The van der Waals surface area contributed by atoms with Gasteiger partial charge in [-0.3, -0.25) is 9.59 Å². The van der Waals surface area contributed by atoms with Crippen LogP contribution in [0, 0.1) is 5.92 Å². The first-order chi connectivity index (χ1) is 7.59. The lowest BCUT2D eigenvalue weighted by atomic mass is 10.2. The van der Waals surface area contributed by atoms with Crippen LogP contribution >= 0.6 is 11.8 Å². The van der Waals surface area contributed by atoms with Crippen molar-refractivity contribution in [1.29, 1.82) is 0 Å². The van der Waals surface area contributed by atoms with Gasteiger partial charge in [0, 0.05) is 24.3 Å². The minimum Gasteiger partial charge on any atom is -0.326 e. The highest BCUT2D eigenvalue weighted by Gasteiger charge is 2.13. The van der Waals surface area contributed by atoms with Crippen molar-refractivity contribution >= 4 is 28.5 Å². The van der Waals surface area contributed by atoms with E-state index < -0.39 is 0 Å². The number of carbonyl (C=O) groups is 2. The van der Waals surface area contributed by atoms with Crippen molar-refractivity contribution in [2.45, 2.75) is 13.8 Å². The fourth-order valence-electron chi connectivity index (χ4n) is 1.10. The van der Waals surface area contributed by atoms with E-state index >= 15 is 0 Å². The Labute approximate surface area is 99.6 Å². The number of anilines is 1. The highest BCUT2D eigenvalue weighted by Crippen LogP contribution is 2.12. The molecule has 16 heavy (non-hydrogen) atoms. The molecular formula is C12H15NO2S. The van der Waals surface area contributed by atoms with E-state index in [0.29, 0.717) is 5.75 Å². The van der Waals surface area contributed by atoms with Crippen molar-refractivity contribution in [2.24, 2.45) is 5.92 Å². The molecule has 0 fully saturated rings. The van der Waals surface area contributed by atoms with Crippen LogP contribution in [0.5, 0.6) is 0 Å². The van der Waals surface area contributed by atoms with Gasteiger partial charge in [-0.1, -0.05) is 36.9 Å². The first-order valence-electron chi connectivity index (χ1n) is 5.09. The van der Waals surface area contributed by atoms with Gasteiger partial charge in [0.05, 0.1) is 0 Å². The van der Waals surface area contributed by atoms with Gasteiger partial charge in [0.2, 0.25) is 5.91 Å². The average Bonchev–Trinajstić information content (AvgIpc) is 2.27. The van der Waals surface area contributed by atoms with Gasteiger partial charge in [-0.25, -0.2) is 0 Å². The van der Waals surface area contributed by atoms with Crippen LogP contribution in [0.25, 0.3) is 0 Å². The van der Waals surface area contributed by atoms with Crippen molar-refractivity contribution in [2.75, 3.05) is 11.1 Å². The van der Waals surface area contributed by atoms with E-state index in [1.165, 1.54) is 18.7 Å². The molecule has 0 aliphatic rings. The van der Waals surface area contributed by atoms with Gasteiger partial charge < -0.3 is 5.32 Å². The first-order valence-corrected chi connectivity index (χ1v) is 6.07. The summed E-state index contributed by atoms with van der Waals surface area (Å²) in [6.07, 6.45) is 0. The van der Waals surface area contributed by atoms with Gasteiger partial charge >= 0.3 is 0 Å². The molecule has 86 valence electrons. The van der Waals surface area contributed by atoms with Crippen molar-refractivity contribution in [3.63, 3.8) is 0 Å². The minimum absolute atomic E-state index is 0.0411. The van der Waals surface area contributed by atoms with Gasteiger partial charge in [0.25, 0.3) is 0 Å². The maximum Gasteiger partial charge on any atom is 0.228 e. The molecule has 1 N–H and O–H groups in total. The van der Waals surface area contributed by atoms with E-state index in [9.17, 15) is 9.59 Å². The maximum atomic E-state index is 11.7. The van der Waals surface area contributed by atoms with Gasteiger partial charge in [-0.05, 0) is 12.1 Å². The summed E-state index contributed by atoms with van der Waals surface area (Å²) < 4.78 is 0. The molecule has 4 heteroatoms. The summed E-state index contributed by atoms with van der Waals surface area (Å²) in [5.41, 5.74) is 0.784. The van der Waals surface area contributed by atoms with E-state index in [2.05, 4.69) is 5.32 Å². The predicted octanol–water partition coefficient (Wildman–Crippen LogP) is 2.54. The van der Waals surface area contributed by atoms with Gasteiger partial charge in [0.15, 0.2) is 5.12 Å². The van der Waals surface area contributed by atoms with E-state index in [4.69, 9.17) is 0 Å². The Morgan fingerprint density at radius 1 is 1.31 bits per heavy atom. The van der Waals surface area contributed by atoms with Gasteiger partial charge in [-0.2, -0.15) is 0 Å². The molecule has 0 unspecified atom stereocenters. The number of hydrogen-bond donors (Lipinski definition) is 1. The summed E-state index contributed by atoms with van der Waals surface area (Å²) in [5, 5.41) is 2.84. The fraction of sp³-hybridized carbons (Fsp3) is 0.333. The Hall–Kier alpha value is -1.29. The number of benzene rings is 1. The number of para-hydroxylation sites is 1. The lowest BCUT2D eigenvalue weighted by Gasteiger charge is -2.10. The Morgan fingerprint density at radius 2 is 1.94 bits per heavy atom. The molecule has 0 bridgehead atoms. The lowest BCUT2D eigenvalue weighted by Crippen LogP contribution is -2.22. The second-order valence-electron chi connectivity index (χ2n) is 3.56. The van der Waals surface area contributed by atoms with Crippen LogP contribution in [0.4, 0.5) is 5.69 Å². The van der Waals surface area contributed by atoms with Crippen LogP contribution in [-0.4, -0.2) is 16.8 Å². The van der Waals surface area contributed by atoms with Crippen LogP contribution < -0.4 is 5.32 Å². The quantitative estimate of drug-likeness (QED) is 0.875. The zero-order valence-electron chi connectivity index (χ0n) is 9.40. The topological polar surface area (TPSA) is 46.2 Å². The molecule has 0 aliphatic heterocycles. The largest absolute Gasteiger partial charge is 0.326 e. The standard InChI is InChI=1S/C12H15NO2S/c1-9(8-16-10(2)14)12(15)13-11-6-4-3-5-7-11/h3-7,9H,8H2,1-2H3,(H,13,15)/t9-/m1/s1. The first kappa shape index (κ1) is 12.8. The molecule has 1 aromatic carbocycles. The monoisotopic (exact) mass is 237 g/mol. The van der Waals surface area contributed by atoms with Crippen molar-refractivity contribution < 1.29 is 9.59 Å². The summed E-state index contributed by atoms with van der Waals surface area (Å²) in [4.78, 5) is 22.4. The predicted molar refractivity (Wildman–Crippen MR) is 67.4 cm³/mol. The van der Waals surface area contributed by atoms with Crippen LogP contribution in [0.2, 0.25) is 0 Å². The third-order valence-electron chi connectivity index (χ3n) is 2.03. The van der Waals surface area contributed by atoms with Crippen LogP contribution in [0.3, 0.4) is 0 Å². The molecule has 1 amide bonds. The Balaban J connectivity index is 2.43. The summed E-state index contributed by atoms with van der Waals surface area (Å²) >= 11 is 1.18. The molecule has 3 nitrogen and oxygen atoms in total. The SMILES string of the molecule is CC(=O)SC[C@@H](C)C(=O)Nc1ccccc1. The van der Waals surface area contributed by atoms with Crippen molar-refractivity contribution in [1.82, 2.24) is 0 Å². The zero-order valence-corrected chi connectivity index (χ0v) is 10.2. The highest BCUT2D eigenvalue weighted by atomic mass is 32.2. The molecule has 0 radical (unpaired) electrons. The summed E-state index contributed by atoms with van der Waals surface area (Å²) in [7, 11) is 0. The number of carbonyl (C=O) groups excluding carboxylic acids is 2. The average molecular weight is 237 g/mol. The van der Waals surface area contributed by atoms with Crippen molar-refractivity contribution in [3.8, 4) is 0 Å². The second kappa shape index (κ2) is 6.33. The van der Waals surface area contributed by atoms with Gasteiger partial charge in [-0.15, -0.1) is 0 Å². The van der Waals surface area contributed by atoms with Crippen LogP contribution in [0.1, 0.15) is 13.8 Å². The van der Waals surface area contributed by atoms with E-state index in [1.807, 2.05) is 37.3 Å². The molecule has 1 rings (SSSR count). The zero-order chi connectivity index (χ0) is 12.0. The normalized spacial score (nSPS) is 11.9. The Kier molecular flexibility index (Phi) is 5.05. The molecular weight excluding hydrogens is 222 g/mol. The Bertz CT molecular complexity index is 365. The van der Waals surface area contributed by atoms with Crippen LogP contribution in [-0.2, 0) is 9.59 Å². The molecule has 0 saturated heterocycles. The molecule has 0 heterocycles. The third-order valence-corrected chi connectivity index (χ3v) is 3.10. The number of hydrogen-bond acceptors (Lipinski definition) is 3. The third kappa shape index (κ3) is 4.49. The Morgan fingerprint density at radius 3 is 2.50 bits per heavy atom.